The Bertz CT molecular complexity index is 572. The molecule has 0 aliphatic heterocycles. The minimum absolute atomic E-state index is 0.240. The van der Waals surface area contributed by atoms with Gasteiger partial charge in [0.25, 0.3) is 0 Å². The standard InChI is InChI=1S/C11H13Cl2N5O/c1-19-5-4-15-11-16-10(14)18(17-11)9-3-2-7(12)6-8(9)13/h2-3,6H,4-5H2,1H3,(H3,14,15,16,17). The van der Waals surface area contributed by atoms with Crippen molar-refractivity contribution in [2.24, 2.45) is 0 Å². The summed E-state index contributed by atoms with van der Waals surface area (Å²) in [5.41, 5.74) is 6.43. The molecule has 1 aromatic heterocycles. The molecule has 0 bridgehead atoms. The molecule has 19 heavy (non-hydrogen) atoms. The van der Waals surface area contributed by atoms with Crippen LogP contribution in [0.4, 0.5) is 11.9 Å². The van der Waals surface area contributed by atoms with Crippen LogP contribution in [0.15, 0.2) is 18.2 Å². The lowest BCUT2D eigenvalue weighted by molar-refractivity contribution is 0.210. The van der Waals surface area contributed by atoms with Gasteiger partial charge in [0.05, 0.1) is 17.3 Å². The Labute approximate surface area is 120 Å². The van der Waals surface area contributed by atoms with Gasteiger partial charge >= 0.3 is 0 Å². The Morgan fingerprint density at radius 2 is 2.21 bits per heavy atom. The number of nitrogens with two attached hydrogens (primary N) is 1. The van der Waals surface area contributed by atoms with E-state index in [0.29, 0.717) is 34.8 Å². The number of hydrogen-bond donors (Lipinski definition) is 2. The SMILES string of the molecule is COCCNc1nc(N)n(-c2ccc(Cl)cc2Cl)n1. The van der Waals surface area contributed by atoms with Crippen LogP contribution in [-0.4, -0.2) is 35.0 Å². The number of nitrogen functional groups attached to an aromatic ring is 1. The van der Waals surface area contributed by atoms with E-state index in [0.717, 1.165) is 0 Å². The van der Waals surface area contributed by atoms with E-state index in [2.05, 4.69) is 15.4 Å². The van der Waals surface area contributed by atoms with E-state index in [-0.39, 0.29) is 5.95 Å². The van der Waals surface area contributed by atoms with Crippen molar-refractivity contribution in [2.45, 2.75) is 0 Å². The van der Waals surface area contributed by atoms with Gasteiger partial charge in [-0.15, -0.1) is 5.10 Å². The van der Waals surface area contributed by atoms with Gasteiger partial charge in [-0.05, 0) is 18.2 Å². The van der Waals surface area contributed by atoms with Crippen LogP contribution in [0.25, 0.3) is 5.69 Å². The second-order valence-corrected chi connectivity index (χ2v) is 4.56. The van der Waals surface area contributed by atoms with Crippen molar-refractivity contribution < 1.29 is 4.74 Å². The molecular weight excluding hydrogens is 289 g/mol. The van der Waals surface area contributed by atoms with Crippen molar-refractivity contribution in [3.63, 3.8) is 0 Å². The first kappa shape index (κ1) is 13.9. The first-order valence-electron chi connectivity index (χ1n) is 5.52. The van der Waals surface area contributed by atoms with Gasteiger partial charge in [-0.3, -0.25) is 0 Å². The van der Waals surface area contributed by atoms with Crippen molar-refractivity contribution in [1.82, 2.24) is 14.8 Å². The number of nitrogens with zero attached hydrogens (tertiary/aromatic N) is 3. The molecule has 0 aliphatic carbocycles. The van der Waals surface area contributed by atoms with Gasteiger partial charge < -0.3 is 15.8 Å². The average molecular weight is 302 g/mol. The van der Waals surface area contributed by atoms with Crippen molar-refractivity contribution in [3.05, 3.63) is 28.2 Å². The molecule has 0 atom stereocenters. The van der Waals surface area contributed by atoms with E-state index in [4.69, 9.17) is 33.7 Å². The molecule has 1 heterocycles. The van der Waals surface area contributed by atoms with Gasteiger partial charge in [-0.25, -0.2) is 0 Å². The van der Waals surface area contributed by atoms with Gasteiger partial charge in [0, 0.05) is 18.7 Å². The lowest BCUT2D eigenvalue weighted by Crippen LogP contribution is -2.09. The lowest BCUT2D eigenvalue weighted by Gasteiger charge is -2.05. The molecule has 102 valence electrons. The number of aromatic nitrogens is 3. The maximum absolute atomic E-state index is 6.10. The van der Waals surface area contributed by atoms with E-state index >= 15 is 0 Å². The maximum atomic E-state index is 6.10. The molecule has 1 aromatic carbocycles. The highest BCUT2D eigenvalue weighted by Crippen LogP contribution is 2.25. The van der Waals surface area contributed by atoms with E-state index in [1.807, 2.05) is 0 Å². The van der Waals surface area contributed by atoms with E-state index in [1.165, 1.54) is 4.68 Å². The van der Waals surface area contributed by atoms with Crippen LogP contribution in [-0.2, 0) is 4.74 Å². The number of rotatable bonds is 5. The van der Waals surface area contributed by atoms with E-state index < -0.39 is 0 Å². The smallest absolute Gasteiger partial charge is 0.244 e. The Kier molecular flexibility index (Phi) is 4.47. The molecule has 2 aromatic rings. The summed E-state index contributed by atoms with van der Waals surface area (Å²) in [6, 6.07) is 5.06. The molecule has 0 fully saturated rings. The second kappa shape index (κ2) is 6.10. The van der Waals surface area contributed by atoms with E-state index in [9.17, 15) is 0 Å². The molecule has 0 saturated heterocycles. The zero-order valence-electron chi connectivity index (χ0n) is 10.2. The third-order valence-corrected chi connectivity index (χ3v) is 2.90. The normalized spacial score (nSPS) is 10.7. The van der Waals surface area contributed by atoms with Crippen LogP contribution >= 0.6 is 23.2 Å². The molecule has 0 unspecified atom stereocenters. The van der Waals surface area contributed by atoms with Gasteiger partial charge in [0.15, 0.2) is 0 Å². The minimum Gasteiger partial charge on any atom is -0.383 e. The quantitative estimate of drug-likeness (QED) is 0.828. The van der Waals surface area contributed by atoms with Gasteiger partial charge in [0.2, 0.25) is 11.9 Å². The van der Waals surface area contributed by atoms with Crippen LogP contribution in [0.1, 0.15) is 0 Å². The Morgan fingerprint density at radius 3 is 2.89 bits per heavy atom. The fraction of sp³-hybridized carbons (Fsp3) is 0.273. The second-order valence-electron chi connectivity index (χ2n) is 3.72. The summed E-state index contributed by atoms with van der Waals surface area (Å²) >= 11 is 11.9. The number of methoxy groups -OCH3 is 1. The summed E-state index contributed by atoms with van der Waals surface area (Å²) in [6.07, 6.45) is 0. The molecule has 0 amide bonds. The fourth-order valence-electron chi connectivity index (χ4n) is 1.49. The number of anilines is 2. The third-order valence-electron chi connectivity index (χ3n) is 2.36. The van der Waals surface area contributed by atoms with Crippen molar-refractivity contribution in [3.8, 4) is 5.69 Å². The first-order chi connectivity index (χ1) is 9.11. The highest BCUT2D eigenvalue weighted by molar-refractivity contribution is 6.35. The summed E-state index contributed by atoms with van der Waals surface area (Å²) in [5, 5.41) is 8.22. The third kappa shape index (κ3) is 3.28. The Morgan fingerprint density at radius 1 is 1.42 bits per heavy atom. The maximum Gasteiger partial charge on any atom is 0.244 e. The lowest BCUT2D eigenvalue weighted by atomic mass is 10.3. The molecule has 0 aliphatic rings. The monoisotopic (exact) mass is 301 g/mol. The van der Waals surface area contributed by atoms with Gasteiger partial charge in [-0.1, -0.05) is 23.2 Å². The molecular formula is C11H13Cl2N5O. The molecule has 2 rings (SSSR count). The molecule has 0 radical (unpaired) electrons. The summed E-state index contributed by atoms with van der Waals surface area (Å²) in [6.45, 7) is 1.14. The Hall–Kier alpha value is -1.50. The minimum atomic E-state index is 0.240. The molecule has 6 nitrogen and oxygen atoms in total. The molecule has 0 saturated carbocycles. The van der Waals surface area contributed by atoms with Crippen molar-refractivity contribution >= 4 is 35.1 Å². The predicted molar refractivity (Wildman–Crippen MR) is 76.2 cm³/mol. The number of ether oxygens (including phenoxy) is 1. The number of hydrogen-bond acceptors (Lipinski definition) is 5. The largest absolute Gasteiger partial charge is 0.383 e. The van der Waals surface area contributed by atoms with E-state index in [1.54, 1.807) is 25.3 Å². The summed E-state index contributed by atoms with van der Waals surface area (Å²) in [7, 11) is 1.62. The van der Waals surface area contributed by atoms with Crippen molar-refractivity contribution in [2.75, 3.05) is 31.3 Å². The van der Waals surface area contributed by atoms with Crippen molar-refractivity contribution in [1.29, 1.82) is 0 Å². The van der Waals surface area contributed by atoms with Crippen LogP contribution in [0.2, 0.25) is 10.0 Å². The molecule has 3 N–H and O–H groups in total. The zero-order valence-corrected chi connectivity index (χ0v) is 11.7. The number of benzene rings is 1. The Balaban J connectivity index is 2.24. The summed E-state index contributed by atoms with van der Waals surface area (Å²) in [5.74, 6) is 0.657. The summed E-state index contributed by atoms with van der Waals surface area (Å²) in [4.78, 5) is 4.09. The number of halogens is 2. The van der Waals surface area contributed by atoms with Gasteiger partial charge in [0.1, 0.15) is 0 Å². The highest BCUT2D eigenvalue weighted by Gasteiger charge is 2.11. The van der Waals surface area contributed by atoms with Crippen LogP contribution in [0, 0.1) is 0 Å². The topological polar surface area (TPSA) is 78.0 Å². The van der Waals surface area contributed by atoms with Gasteiger partial charge in [-0.2, -0.15) is 9.67 Å². The first-order valence-corrected chi connectivity index (χ1v) is 6.28. The van der Waals surface area contributed by atoms with Crippen LogP contribution < -0.4 is 11.1 Å². The predicted octanol–water partition coefficient (Wildman–Crippen LogP) is 2.21. The molecule has 0 spiro atoms. The zero-order chi connectivity index (χ0) is 13.8. The number of nitrogens with one attached hydrogen (secondary N) is 1. The van der Waals surface area contributed by atoms with Crippen LogP contribution in [0.5, 0.6) is 0 Å². The fourth-order valence-corrected chi connectivity index (χ4v) is 1.98. The average Bonchev–Trinajstić information content (AvgIpc) is 2.71. The highest BCUT2D eigenvalue weighted by atomic mass is 35.5. The summed E-state index contributed by atoms with van der Waals surface area (Å²) < 4.78 is 6.38. The van der Waals surface area contributed by atoms with Crippen LogP contribution in [0.3, 0.4) is 0 Å². The molecule has 8 heteroatoms.